The van der Waals surface area contributed by atoms with Crippen LogP contribution >= 0.6 is 0 Å². The number of aliphatic imine (C=N–C) groups is 1. The minimum absolute atomic E-state index is 0.0597. The van der Waals surface area contributed by atoms with E-state index >= 15 is 0 Å². The fourth-order valence-corrected chi connectivity index (χ4v) is 3.39. The van der Waals surface area contributed by atoms with Gasteiger partial charge in [-0.2, -0.15) is 0 Å². The first kappa shape index (κ1) is 17.1. The number of fused-ring (bicyclic) bond motifs is 1. The Morgan fingerprint density at radius 2 is 1.80 bits per heavy atom. The first-order chi connectivity index (χ1) is 12.0. The van der Waals surface area contributed by atoms with Crippen LogP contribution in [0, 0.1) is 0 Å². The molecule has 0 radical (unpaired) electrons. The molecule has 130 valence electrons. The van der Waals surface area contributed by atoms with Crippen molar-refractivity contribution in [2.24, 2.45) is 4.99 Å². The first-order valence-corrected chi connectivity index (χ1v) is 8.29. The average Bonchev–Trinajstić information content (AvgIpc) is 2.82. The average molecular weight is 336 g/mol. The van der Waals surface area contributed by atoms with Crippen LogP contribution < -0.4 is 14.4 Å². The van der Waals surface area contributed by atoms with Gasteiger partial charge < -0.3 is 14.4 Å². The van der Waals surface area contributed by atoms with Crippen LogP contribution in [-0.2, 0) is 5.41 Å². The van der Waals surface area contributed by atoms with Gasteiger partial charge in [0.25, 0.3) is 0 Å². The van der Waals surface area contributed by atoms with Crippen molar-refractivity contribution in [3.63, 3.8) is 0 Å². The smallest absolute Gasteiger partial charge is 0.144 e. The Kier molecular flexibility index (Phi) is 4.53. The summed E-state index contributed by atoms with van der Waals surface area (Å²) in [5.41, 5.74) is 4.46. The number of allylic oxidation sites excluding steroid dienone is 2. The summed E-state index contributed by atoms with van der Waals surface area (Å²) in [5.74, 6) is 1.48. The highest BCUT2D eigenvalue weighted by Crippen LogP contribution is 2.46. The largest absolute Gasteiger partial charge is 0.497 e. The van der Waals surface area contributed by atoms with Crippen molar-refractivity contribution in [1.82, 2.24) is 0 Å². The summed E-state index contributed by atoms with van der Waals surface area (Å²) in [5, 5.41) is 0. The third-order valence-corrected chi connectivity index (χ3v) is 4.77. The van der Waals surface area contributed by atoms with Gasteiger partial charge in [-0.15, -0.1) is 0 Å². The molecule has 0 spiro atoms. The highest BCUT2D eigenvalue weighted by molar-refractivity contribution is 5.81. The number of nitrogens with zero attached hydrogens (tertiary/aromatic N) is 2. The van der Waals surface area contributed by atoms with Gasteiger partial charge in [-0.1, -0.05) is 32.0 Å². The number of para-hydroxylation sites is 1. The number of hydrogen-bond donors (Lipinski definition) is 0. The van der Waals surface area contributed by atoms with Crippen LogP contribution in [0.25, 0.3) is 0 Å². The second kappa shape index (κ2) is 6.63. The maximum Gasteiger partial charge on any atom is 0.144 e. The lowest BCUT2D eigenvalue weighted by Gasteiger charge is -2.23. The van der Waals surface area contributed by atoms with E-state index in [0.29, 0.717) is 0 Å². The molecule has 3 rings (SSSR count). The lowest BCUT2D eigenvalue weighted by Crippen LogP contribution is -2.23. The molecule has 0 aliphatic carbocycles. The lowest BCUT2D eigenvalue weighted by atomic mass is 9.84. The number of hydrogen-bond acceptors (Lipinski definition) is 4. The maximum atomic E-state index is 5.38. The summed E-state index contributed by atoms with van der Waals surface area (Å²) < 4.78 is 10.7. The molecular weight excluding hydrogens is 312 g/mol. The Bertz CT molecular complexity index is 838. The van der Waals surface area contributed by atoms with Crippen LogP contribution in [0.15, 0.2) is 59.2 Å². The van der Waals surface area contributed by atoms with E-state index in [0.717, 1.165) is 17.2 Å². The van der Waals surface area contributed by atoms with Gasteiger partial charge in [0.1, 0.15) is 17.2 Å². The Labute approximate surface area is 149 Å². The monoisotopic (exact) mass is 336 g/mol. The van der Waals surface area contributed by atoms with Crippen molar-refractivity contribution in [1.29, 1.82) is 0 Å². The molecule has 4 heteroatoms. The minimum atomic E-state index is -0.0597. The molecule has 0 saturated carbocycles. The summed E-state index contributed by atoms with van der Waals surface area (Å²) >= 11 is 0. The number of benzene rings is 2. The zero-order chi connectivity index (χ0) is 18.0. The molecule has 0 atom stereocenters. The van der Waals surface area contributed by atoms with Crippen LogP contribution in [0.1, 0.15) is 19.4 Å². The molecule has 0 N–H and O–H groups in total. The summed E-state index contributed by atoms with van der Waals surface area (Å²) in [6, 6.07) is 14.1. The highest BCUT2D eigenvalue weighted by Gasteiger charge is 2.37. The second-order valence-corrected chi connectivity index (χ2v) is 6.57. The van der Waals surface area contributed by atoms with Gasteiger partial charge in [0.05, 0.1) is 14.2 Å². The van der Waals surface area contributed by atoms with E-state index < -0.39 is 0 Å². The van der Waals surface area contributed by atoms with Gasteiger partial charge in [-0.05, 0) is 29.8 Å². The van der Waals surface area contributed by atoms with Crippen LogP contribution in [0.2, 0.25) is 0 Å². The van der Waals surface area contributed by atoms with Gasteiger partial charge >= 0.3 is 0 Å². The SMILES string of the molecule is COc1ccc(OC)c(N=CC=C2N(C)c3ccccc3C2(C)C)c1. The van der Waals surface area contributed by atoms with Gasteiger partial charge in [-0.25, -0.2) is 0 Å². The van der Waals surface area contributed by atoms with E-state index in [1.54, 1.807) is 14.2 Å². The molecule has 2 aromatic rings. The van der Waals surface area contributed by atoms with Crippen LogP contribution in [-0.4, -0.2) is 27.5 Å². The molecule has 0 fully saturated rings. The third-order valence-electron chi connectivity index (χ3n) is 4.77. The molecule has 0 aromatic heterocycles. The van der Waals surface area contributed by atoms with Crippen LogP contribution in [0.4, 0.5) is 11.4 Å². The summed E-state index contributed by atoms with van der Waals surface area (Å²) in [6.45, 7) is 4.47. The molecular formula is C21H24N2O2. The van der Waals surface area contributed by atoms with Crippen molar-refractivity contribution in [2.45, 2.75) is 19.3 Å². The standard InChI is InChI=1S/C21H24N2O2/c1-21(2)16-8-6-7-9-18(16)23(3)20(21)12-13-22-17-14-15(24-4)10-11-19(17)25-5/h6-14H,1-5H3. The summed E-state index contributed by atoms with van der Waals surface area (Å²) in [6.07, 6.45) is 3.90. The zero-order valence-corrected chi connectivity index (χ0v) is 15.4. The number of rotatable bonds is 4. The molecule has 2 aromatic carbocycles. The molecule has 1 aliphatic rings. The van der Waals surface area contributed by atoms with Gasteiger partial charge in [0.15, 0.2) is 0 Å². The fourth-order valence-electron chi connectivity index (χ4n) is 3.39. The van der Waals surface area contributed by atoms with Crippen molar-refractivity contribution in [2.75, 3.05) is 26.2 Å². The second-order valence-electron chi connectivity index (χ2n) is 6.57. The Hall–Kier alpha value is -2.75. The molecule has 4 nitrogen and oxygen atoms in total. The highest BCUT2D eigenvalue weighted by atomic mass is 16.5. The predicted octanol–water partition coefficient (Wildman–Crippen LogP) is 4.72. The Morgan fingerprint density at radius 3 is 2.48 bits per heavy atom. The van der Waals surface area contributed by atoms with Gasteiger partial charge in [0.2, 0.25) is 0 Å². The maximum absolute atomic E-state index is 5.38. The number of likely N-dealkylation sites (N-methyl/N-ethyl adjacent to an activating group) is 1. The normalized spacial score (nSPS) is 17.2. The van der Waals surface area contributed by atoms with E-state index in [1.165, 1.54) is 16.9 Å². The van der Waals surface area contributed by atoms with E-state index in [1.807, 2.05) is 24.4 Å². The number of ether oxygens (including phenoxy) is 2. The lowest BCUT2D eigenvalue weighted by molar-refractivity contribution is 0.404. The van der Waals surface area contributed by atoms with Crippen molar-refractivity contribution < 1.29 is 9.47 Å². The fraction of sp³-hybridized carbons (Fsp3) is 0.286. The molecule has 25 heavy (non-hydrogen) atoms. The Morgan fingerprint density at radius 1 is 1.04 bits per heavy atom. The molecule has 0 saturated heterocycles. The first-order valence-electron chi connectivity index (χ1n) is 8.29. The molecule has 0 unspecified atom stereocenters. The van der Waals surface area contributed by atoms with E-state index in [9.17, 15) is 0 Å². The molecule has 0 amide bonds. The van der Waals surface area contributed by atoms with Crippen molar-refractivity contribution >= 4 is 17.6 Å². The number of methoxy groups -OCH3 is 2. The molecule has 1 heterocycles. The summed E-state index contributed by atoms with van der Waals surface area (Å²) in [7, 11) is 5.38. The van der Waals surface area contributed by atoms with Crippen LogP contribution in [0.3, 0.4) is 0 Å². The minimum Gasteiger partial charge on any atom is -0.497 e. The van der Waals surface area contributed by atoms with Crippen molar-refractivity contribution in [3.05, 3.63) is 59.8 Å². The number of anilines is 1. The van der Waals surface area contributed by atoms with Gasteiger partial charge in [-0.3, -0.25) is 4.99 Å². The topological polar surface area (TPSA) is 34.1 Å². The molecule has 0 bridgehead atoms. The van der Waals surface area contributed by atoms with E-state index in [4.69, 9.17) is 9.47 Å². The Balaban J connectivity index is 1.94. The predicted molar refractivity (Wildman–Crippen MR) is 104 cm³/mol. The van der Waals surface area contributed by atoms with E-state index in [-0.39, 0.29) is 5.41 Å². The zero-order valence-electron chi connectivity index (χ0n) is 15.4. The quantitative estimate of drug-likeness (QED) is 0.758. The van der Waals surface area contributed by atoms with Crippen molar-refractivity contribution in [3.8, 4) is 11.5 Å². The van der Waals surface area contributed by atoms with Crippen LogP contribution in [0.5, 0.6) is 11.5 Å². The summed E-state index contributed by atoms with van der Waals surface area (Å²) in [4.78, 5) is 6.81. The van der Waals surface area contributed by atoms with E-state index in [2.05, 4.69) is 61.1 Å². The third kappa shape index (κ3) is 3.00. The molecule has 1 aliphatic heterocycles. The van der Waals surface area contributed by atoms with Gasteiger partial charge in [0, 0.05) is 36.1 Å².